The molecule has 1 aromatic heterocycles. The number of benzene rings is 7. The van der Waals surface area contributed by atoms with Crippen LogP contribution in [0.15, 0.2) is 176 Å². The van der Waals surface area contributed by atoms with Gasteiger partial charge in [0.15, 0.2) is 0 Å². The van der Waals surface area contributed by atoms with Crippen molar-refractivity contribution in [3.05, 3.63) is 210 Å². The fourth-order valence-electron chi connectivity index (χ4n) is 7.10. The first-order chi connectivity index (χ1) is 33.4. The molecule has 68 heavy (non-hydrogen) atoms. The second-order valence-corrected chi connectivity index (χ2v) is 15.7. The van der Waals surface area contributed by atoms with Crippen LogP contribution in [0.2, 0.25) is 0 Å². The summed E-state index contributed by atoms with van der Waals surface area (Å²) in [5.41, 5.74) is 7.57. The summed E-state index contributed by atoms with van der Waals surface area (Å²) in [5.74, 6) is 6.92. The Morgan fingerprint density at radius 2 is 0.500 bits per heavy atom. The molecule has 0 saturated heterocycles. The van der Waals surface area contributed by atoms with E-state index in [0.29, 0.717) is 60.9 Å². The number of aromatic nitrogens is 1. The van der Waals surface area contributed by atoms with E-state index in [0.717, 1.165) is 67.5 Å². The summed E-state index contributed by atoms with van der Waals surface area (Å²) in [4.78, 5) is 4.24. The number of rotatable bonds is 23. The minimum atomic E-state index is 0.223. The average Bonchev–Trinajstić information content (AvgIpc) is 3.40. The highest BCUT2D eigenvalue weighted by molar-refractivity contribution is 5.67. The Bertz CT molecular complexity index is 2510. The van der Waals surface area contributed by atoms with E-state index in [4.69, 9.17) is 47.4 Å². The highest BCUT2D eigenvalue weighted by Gasteiger charge is 2.12. The van der Waals surface area contributed by atoms with Crippen LogP contribution in [-0.2, 0) is 39.6 Å². The maximum Gasteiger partial charge on any atom is 0.124 e. The normalized spacial score (nSPS) is 10.7. The molecule has 0 aliphatic carbocycles. The van der Waals surface area contributed by atoms with Crippen molar-refractivity contribution in [3.63, 3.8) is 0 Å². The van der Waals surface area contributed by atoms with Crippen molar-refractivity contribution in [2.24, 2.45) is 0 Å². The number of hydrogen-bond donors (Lipinski definition) is 0. The van der Waals surface area contributed by atoms with Crippen molar-refractivity contribution in [1.82, 2.24) is 4.98 Å². The van der Waals surface area contributed by atoms with Gasteiger partial charge in [-0.15, -0.1) is 0 Å². The van der Waals surface area contributed by atoms with Gasteiger partial charge < -0.3 is 47.4 Å². The third-order valence-electron chi connectivity index (χ3n) is 10.8. The first-order valence-corrected chi connectivity index (χ1v) is 22.0. The summed E-state index contributed by atoms with van der Waals surface area (Å²) in [6.45, 7) is 1.87. The Labute approximate surface area is 397 Å². The molecule has 0 saturated carbocycles. The molecule has 7 aromatic carbocycles. The van der Waals surface area contributed by atoms with E-state index in [1.807, 2.05) is 164 Å². The van der Waals surface area contributed by atoms with Crippen LogP contribution in [0.4, 0.5) is 0 Å². The predicted octanol–water partition coefficient (Wildman–Crippen LogP) is 12.3. The molecule has 0 aliphatic heterocycles. The number of ether oxygens (including phenoxy) is 10. The highest BCUT2D eigenvalue weighted by atomic mass is 16.5. The predicted molar refractivity (Wildman–Crippen MR) is 261 cm³/mol. The van der Waals surface area contributed by atoms with E-state index in [1.54, 1.807) is 40.8 Å². The molecular formula is C57H53NO10. The molecule has 0 unspecified atom stereocenters. The molecule has 0 spiro atoms. The first-order valence-electron chi connectivity index (χ1n) is 22.0. The molecule has 11 heteroatoms. The largest absolute Gasteiger partial charge is 0.497 e. The van der Waals surface area contributed by atoms with Crippen LogP contribution in [0, 0.1) is 0 Å². The van der Waals surface area contributed by atoms with Crippen LogP contribution < -0.4 is 47.4 Å². The van der Waals surface area contributed by atoms with E-state index < -0.39 is 0 Å². The maximum absolute atomic E-state index is 6.56. The van der Waals surface area contributed by atoms with E-state index >= 15 is 0 Å². The van der Waals surface area contributed by atoms with Crippen LogP contribution in [-0.4, -0.2) is 33.4 Å². The monoisotopic (exact) mass is 911 g/mol. The second-order valence-electron chi connectivity index (χ2n) is 15.7. The molecule has 0 N–H and O–H groups in total. The minimum Gasteiger partial charge on any atom is -0.497 e. The summed E-state index contributed by atoms with van der Waals surface area (Å²) in [5, 5.41) is 0. The lowest BCUT2D eigenvalue weighted by Crippen LogP contribution is -2.03. The van der Waals surface area contributed by atoms with Crippen molar-refractivity contribution in [3.8, 4) is 68.6 Å². The van der Waals surface area contributed by atoms with Crippen LogP contribution in [0.1, 0.15) is 33.4 Å². The zero-order chi connectivity index (χ0) is 46.9. The fourth-order valence-corrected chi connectivity index (χ4v) is 7.10. The van der Waals surface area contributed by atoms with Gasteiger partial charge >= 0.3 is 0 Å². The molecular weight excluding hydrogens is 859 g/mol. The molecule has 8 rings (SSSR count). The van der Waals surface area contributed by atoms with Gasteiger partial charge in [0, 0.05) is 30.6 Å². The van der Waals surface area contributed by atoms with Gasteiger partial charge in [0.1, 0.15) is 97.1 Å². The fraction of sp³-hybridized carbons (Fsp3) is 0.175. The lowest BCUT2D eigenvalue weighted by Gasteiger charge is -2.16. The zero-order valence-corrected chi connectivity index (χ0v) is 38.5. The molecule has 0 amide bonds. The number of nitrogens with zero attached hydrogens (tertiary/aromatic N) is 1. The van der Waals surface area contributed by atoms with Crippen LogP contribution in [0.25, 0.3) is 11.1 Å². The van der Waals surface area contributed by atoms with Gasteiger partial charge in [0.2, 0.25) is 0 Å². The standard InChI is InChI=1S/C57H53NO10/c1-59-48-13-5-40(6-14-48)34-63-52-25-44(26-53(31-52)64-35-41-7-15-49(60-2)16-8-41)38-67-56-29-47(46-21-23-58-24-22-46)30-57(33-56)68-39-45-27-54(65-36-42-9-17-50(61-3)18-10-42)32-55(28-45)66-37-43-11-19-51(62-4)20-12-43/h5-33H,34-39H2,1-4H3. The van der Waals surface area contributed by atoms with Gasteiger partial charge in [-0.3, -0.25) is 4.98 Å². The van der Waals surface area contributed by atoms with Crippen LogP contribution in [0.3, 0.4) is 0 Å². The van der Waals surface area contributed by atoms with Crippen LogP contribution >= 0.6 is 0 Å². The van der Waals surface area contributed by atoms with Gasteiger partial charge in [-0.25, -0.2) is 0 Å². The Kier molecular flexibility index (Phi) is 15.8. The van der Waals surface area contributed by atoms with Gasteiger partial charge in [-0.1, -0.05) is 48.5 Å². The van der Waals surface area contributed by atoms with Crippen molar-refractivity contribution in [1.29, 1.82) is 0 Å². The Hall–Kier alpha value is -8.31. The van der Waals surface area contributed by atoms with Gasteiger partial charge in [-0.05, 0) is 142 Å². The summed E-state index contributed by atoms with van der Waals surface area (Å²) < 4.78 is 59.7. The molecule has 0 aliphatic rings. The number of methoxy groups -OCH3 is 4. The van der Waals surface area contributed by atoms with Gasteiger partial charge in [-0.2, -0.15) is 0 Å². The molecule has 8 aromatic rings. The van der Waals surface area contributed by atoms with E-state index in [2.05, 4.69) is 4.98 Å². The first kappa shape index (κ1) is 46.2. The lowest BCUT2D eigenvalue weighted by molar-refractivity contribution is 0.276. The van der Waals surface area contributed by atoms with Crippen molar-refractivity contribution in [2.45, 2.75) is 39.6 Å². The van der Waals surface area contributed by atoms with E-state index in [-0.39, 0.29) is 13.2 Å². The Morgan fingerprint density at radius 3 is 0.765 bits per heavy atom. The molecule has 0 bridgehead atoms. The second kappa shape index (κ2) is 23.2. The van der Waals surface area contributed by atoms with E-state index in [1.165, 1.54) is 0 Å². The molecule has 0 atom stereocenters. The smallest absolute Gasteiger partial charge is 0.124 e. The van der Waals surface area contributed by atoms with Gasteiger partial charge in [0.25, 0.3) is 0 Å². The third kappa shape index (κ3) is 13.4. The van der Waals surface area contributed by atoms with Crippen LogP contribution in [0.5, 0.6) is 57.5 Å². The van der Waals surface area contributed by atoms with Crippen molar-refractivity contribution < 1.29 is 47.4 Å². The number of pyridine rings is 1. The summed E-state index contributed by atoms with van der Waals surface area (Å²) in [6, 6.07) is 52.6. The summed E-state index contributed by atoms with van der Waals surface area (Å²) in [6.07, 6.45) is 3.53. The Morgan fingerprint density at radius 1 is 0.250 bits per heavy atom. The summed E-state index contributed by atoms with van der Waals surface area (Å²) >= 11 is 0. The molecule has 1 heterocycles. The minimum absolute atomic E-state index is 0.223. The topological polar surface area (TPSA) is 105 Å². The zero-order valence-electron chi connectivity index (χ0n) is 38.5. The van der Waals surface area contributed by atoms with Gasteiger partial charge in [0.05, 0.1) is 28.4 Å². The molecule has 0 radical (unpaired) electrons. The molecule has 0 fully saturated rings. The lowest BCUT2D eigenvalue weighted by atomic mass is 10.1. The SMILES string of the molecule is COc1ccc(COc2cc(COc3cc(OCc4cc(OCc5ccc(OC)cc5)cc(OCc5ccc(OC)cc5)c4)cc(-c4ccncc4)c3)cc(OCc3ccc(OC)cc3)c2)cc1. The summed E-state index contributed by atoms with van der Waals surface area (Å²) in [7, 11) is 6.59. The van der Waals surface area contributed by atoms with Crippen molar-refractivity contribution in [2.75, 3.05) is 28.4 Å². The molecule has 346 valence electrons. The Balaban J connectivity index is 1.02. The van der Waals surface area contributed by atoms with Crippen molar-refractivity contribution >= 4 is 0 Å². The highest BCUT2D eigenvalue weighted by Crippen LogP contribution is 2.33. The number of hydrogen-bond acceptors (Lipinski definition) is 11. The molecule has 11 nitrogen and oxygen atoms in total. The maximum atomic E-state index is 6.56. The van der Waals surface area contributed by atoms with E-state index in [9.17, 15) is 0 Å². The third-order valence-corrected chi connectivity index (χ3v) is 10.8. The quantitative estimate of drug-likeness (QED) is 0.0612. The average molecular weight is 912 g/mol.